The molecule has 0 aliphatic rings. The van der Waals surface area contributed by atoms with E-state index in [1.807, 2.05) is 36.4 Å². The van der Waals surface area contributed by atoms with Crippen LogP contribution in [0.1, 0.15) is 11.1 Å². The Kier molecular flexibility index (Phi) is 3.94. The zero-order valence-electron chi connectivity index (χ0n) is 9.24. The third-order valence-electron chi connectivity index (χ3n) is 2.48. The van der Waals surface area contributed by atoms with E-state index < -0.39 is 0 Å². The zero-order chi connectivity index (χ0) is 12.1. The molecule has 0 unspecified atom stereocenters. The maximum Gasteiger partial charge on any atom is 0.123 e. The van der Waals surface area contributed by atoms with Gasteiger partial charge in [-0.1, -0.05) is 60.1 Å². The molecule has 0 bridgehead atoms. The third-order valence-corrected chi connectivity index (χ3v) is 2.85. The van der Waals surface area contributed by atoms with E-state index in [1.54, 1.807) is 12.1 Å². The van der Waals surface area contributed by atoms with Gasteiger partial charge in [0.15, 0.2) is 0 Å². The zero-order valence-corrected chi connectivity index (χ0v) is 9.99. The molecule has 86 valence electrons. The molecule has 0 heterocycles. The molecule has 2 heteroatoms. The second-order valence-corrected chi connectivity index (χ2v) is 4.16. The first kappa shape index (κ1) is 11.9. The quantitative estimate of drug-likeness (QED) is 0.740. The summed E-state index contributed by atoms with van der Waals surface area (Å²) < 4.78 is 12.7. The van der Waals surface area contributed by atoms with Crippen molar-refractivity contribution in [1.29, 1.82) is 0 Å². The summed E-state index contributed by atoms with van der Waals surface area (Å²) >= 11 is 6.17. The summed E-state index contributed by atoms with van der Waals surface area (Å²) in [4.78, 5) is 0. The van der Waals surface area contributed by atoms with Crippen molar-refractivity contribution in [2.45, 2.75) is 6.42 Å². The average molecular weight is 247 g/mol. The average Bonchev–Trinajstić information content (AvgIpc) is 2.39. The number of halogens is 2. The Morgan fingerprint density at radius 3 is 2.29 bits per heavy atom. The molecule has 0 fully saturated rings. The van der Waals surface area contributed by atoms with E-state index in [9.17, 15) is 4.39 Å². The van der Waals surface area contributed by atoms with Gasteiger partial charge in [0.05, 0.1) is 0 Å². The molecule has 0 saturated heterocycles. The summed E-state index contributed by atoms with van der Waals surface area (Å²) in [6.45, 7) is 0. The molecular weight excluding hydrogens is 235 g/mol. The van der Waals surface area contributed by atoms with Crippen molar-refractivity contribution >= 4 is 16.6 Å². The first-order valence-corrected chi connectivity index (χ1v) is 5.79. The largest absolute Gasteiger partial charge is 0.207 e. The lowest BCUT2D eigenvalue weighted by Gasteiger charge is -2.00. The molecule has 0 N–H and O–H groups in total. The van der Waals surface area contributed by atoms with Gasteiger partial charge in [0.25, 0.3) is 0 Å². The van der Waals surface area contributed by atoms with E-state index in [1.165, 1.54) is 12.1 Å². The van der Waals surface area contributed by atoms with Gasteiger partial charge < -0.3 is 0 Å². The Morgan fingerprint density at radius 1 is 1.00 bits per heavy atom. The van der Waals surface area contributed by atoms with Crippen molar-refractivity contribution in [1.82, 2.24) is 0 Å². The summed E-state index contributed by atoms with van der Waals surface area (Å²) in [7, 11) is 0. The van der Waals surface area contributed by atoms with Crippen molar-refractivity contribution in [2.24, 2.45) is 0 Å². The van der Waals surface area contributed by atoms with E-state index in [0.29, 0.717) is 6.42 Å². The van der Waals surface area contributed by atoms with Crippen LogP contribution in [0.25, 0.3) is 5.03 Å². The predicted octanol–water partition coefficient (Wildman–Crippen LogP) is 4.65. The van der Waals surface area contributed by atoms with Crippen LogP contribution < -0.4 is 0 Å². The van der Waals surface area contributed by atoms with Gasteiger partial charge in [-0.3, -0.25) is 0 Å². The highest BCUT2D eigenvalue weighted by Crippen LogP contribution is 2.19. The normalized spacial score (nSPS) is 11.5. The molecular formula is C15H12ClF. The van der Waals surface area contributed by atoms with E-state index in [4.69, 9.17) is 11.6 Å². The van der Waals surface area contributed by atoms with Gasteiger partial charge in [0.2, 0.25) is 0 Å². The van der Waals surface area contributed by atoms with Gasteiger partial charge in [-0.2, -0.15) is 0 Å². The minimum absolute atomic E-state index is 0.216. The smallest absolute Gasteiger partial charge is 0.123 e. The van der Waals surface area contributed by atoms with Crippen molar-refractivity contribution in [2.75, 3.05) is 0 Å². The molecule has 0 saturated carbocycles. The van der Waals surface area contributed by atoms with E-state index >= 15 is 0 Å². The number of hydrogen-bond acceptors (Lipinski definition) is 0. The SMILES string of the molecule is Fc1ccc(C/C=C(\Cl)c2ccccc2)cc1. The van der Waals surface area contributed by atoms with Gasteiger partial charge in [0.1, 0.15) is 5.82 Å². The maximum atomic E-state index is 12.7. The molecule has 0 aliphatic heterocycles. The van der Waals surface area contributed by atoms with Crippen LogP contribution in [0.2, 0.25) is 0 Å². The Labute approximate surface area is 105 Å². The molecule has 0 aliphatic carbocycles. The molecule has 0 aromatic heterocycles. The summed E-state index contributed by atoms with van der Waals surface area (Å²) in [5, 5.41) is 0.718. The van der Waals surface area contributed by atoms with Gasteiger partial charge >= 0.3 is 0 Å². The first-order valence-electron chi connectivity index (χ1n) is 5.41. The molecule has 0 radical (unpaired) electrons. The predicted molar refractivity (Wildman–Crippen MR) is 70.4 cm³/mol. The Bertz CT molecular complexity index is 500. The lowest BCUT2D eigenvalue weighted by molar-refractivity contribution is 0.627. The standard InChI is InChI=1S/C15H12ClF/c16-15(13-4-2-1-3-5-13)11-8-12-6-9-14(17)10-7-12/h1-7,9-11H,8H2/b15-11-. The molecule has 0 spiro atoms. The highest BCUT2D eigenvalue weighted by molar-refractivity contribution is 6.48. The summed E-state index contributed by atoms with van der Waals surface area (Å²) in [6, 6.07) is 16.2. The van der Waals surface area contributed by atoms with Crippen LogP contribution in [-0.2, 0) is 6.42 Å². The monoisotopic (exact) mass is 246 g/mol. The number of rotatable bonds is 3. The highest BCUT2D eigenvalue weighted by Gasteiger charge is 1.97. The van der Waals surface area contributed by atoms with Crippen molar-refractivity contribution in [3.63, 3.8) is 0 Å². The summed E-state index contributed by atoms with van der Waals surface area (Å²) in [6.07, 6.45) is 2.64. The topological polar surface area (TPSA) is 0 Å². The fraction of sp³-hybridized carbons (Fsp3) is 0.0667. The highest BCUT2D eigenvalue weighted by atomic mass is 35.5. The van der Waals surface area contributed by atoms with Crippen LogP contribution in [0, 0.1) is 5.82 Å². The Morgan fingerprint density at radius 2 is 1.65 bits per heavy atom. The molecule has 17 heavy (non-hydrogen) atoms. The Hall–Kier alpha value is -1.60. The number of benzene rings is 2. The van der Waals surface area contributed by atoms with Crippen LogP contribution >= 0.6 is 11.6 Å². The fourth-order valence-electron chi connectivity index (χ4n) is 1.54. The first-order chi connectivity index (χ1) is 8.25. The maximum absolute atomic E-state index is 12.7. The second kappa shape index (κ2) is 5.65. The van der Waals surface area contributed by atoms with Crippen LogP contribution in [0.15, 0.2) is 60.7 Å². The van der Waals surface area contributed by atoms with E-state index in [-0.39, 0.29) is 5.82 Å². The van der Waals surface area contributed by atoms with Crippen molar-refractivity contribution < 1.29 is 4.39 Å². The van der Waals surface area contributed by atoms with Gasteiger partial charge in [0, 0.05) is 5.03 Å². The molecule has 0 amide bonds. The third kappa shape index (κ3) is 3.43. The van der Waals surface area contributed by atoms with Crippen LogP contribution in [0.4, 0.5) is 4.39 Å². The van der Waals surface area contributed by atoms with Crippen LogP contribution in [0.3, 0.4) is 0 Å². The molecule has 0 nitrogen and oxygen atoms in total. The van der Waals surface area contributed by atoms with Crippen LogP contribution in [0.5, 0.6) is 0 Å². The molecule has 0 atom stereocenters. The lowest BCUT2D eigenvalue weighted by atomic mass is 10.1. The van der Waals surface area contributed by atoms with Gasteiger partial charge in [-0.05, 0) is 29.7 Å². The minimum atomic E-state index is -0.216. The number of allylic oxidation sites excluding steroid dienone is 1. The minimum Gasteiger partial charge on any atom is -0.207 e. The fourth-order valence-corrected chi connectivity index (χ4v) is 1.75. The number of hydrogen-bond donors (Lipinski definition) is 0. The van der Waals surface area contributed by atoms with E-state index in [2.05, 4.69) is 0 Å². The summed E-state index contributed by atoms with van der Waals surface area (Å²) in [5.41, 5.74) is 2.04. The van der Waals surface area contributed by atoms with Crippen molar-refractivity contribution in [3.05, 3.63) is 77.6 Å². The van der Waals surface area contributed by atoms with Gasteiger partial charge in [-0.15, -0.1) is 0 Å². The molecule has 2 aromatic carbocycles. The Balaban J connectivity index is 2.08. The summed E-state index contributed by atoms with van der Waals surface area (Å²) in [5.74, 6) is -0.216. The van der Waals surface area contributed by atoms with Crippen LogP contribution in [-0.4, -0.2) is 0 Å². The lowest BCUT2D eigenvalue weighted by Crippen LogP contribution is -1.83. The molecule has 2 rings (SSSR count). The van der Waals surface area contributed by atoms with Gasteiger partial charge in [-0.25, -0.2) is 4.39 Å². The van der Waals surface area contributed by atoms with Crippen molar-refractivity contribution in [3.8, 4) is 0 Å². The van der Waals surface area contributed by atoms with E-state index in [0.717, 1.165) is 16.2 Å². The molecule has 2 aromatic rings. The second-order valence-electron chi connectivity index (χ2n) is 3.75.